The van der Waals surface area contributed by atoms with E-state index >= 15 is 0 Å². The van der Waals surface area contributed by atoms with E-state index in [2.05, 4.69) is 35.1 Å². The zero-order valence-corrected chi connectivity index (χ0v) is 19.5. The van der Waals surface area contributed by atoms with E-state index in [1.165, 1.54) is 37.7 Å². The number of hydrogen-bond acceptors (Lipinski definition) is 6. The number of nitrogens with zero attached hydrogens (tertiary/aromatic N) is 4. The number of aliphatic hydroxyl groups is 1. The van der Waals surface area contributed by atoms with Crippen LogP contribution in [0.2, 0.25) is 0 Å². The van der Waals surface area contributed by atoms with Crippen molar-refractivity contribution < 1.29 is 14.6 Å². The molecule has 0 bridgehead atoms. The van der Waals surface area contributed by atoms with Crippen LogP contribution in [-0.4, -0.2) is 71.2 Å². The second-order valence-electron chi connectivity index (χ2n) is 8.88. The molecule has 0 radical (unpaired) electrons. The average Bonchev–Trinajstić information content (AvgIpc) is 3.17. The summed E-state index contributed by atoms with van der Waals surface area (Å²) in [6.45, 7) is 2.51. The largest absolute Gasteiger partial charge is 0.493 e. The number of aromatic nitrogens is 2. The van der Waals surface area contributed by atoms with Crippen LogP contribution >= 0.6 is 0 Å². The van der Waals surface area contributed by atoms with Gasteiger partial charge in [-0.15, -0.1) is 0 Å². The average molecular weight is 431 g/mol. The predicted octanol–water partition coefficient (Wildman–Crippen LogP) is 3.06. The van der Waals surface area contributed by atoms with Crippen LogP contribution in [0.3, 0.4) is 0 Å². The highest BCUT2D eigenvalue weighted by atomic mass is 16.5. The van der Waals surface area contributed by atoms with Gasteiger partial charge in [-0.2, -0.15) is 5.10 Å². The summed E-state index contributed by atoms with van der Waals surface area (Å²) in [5.41, 5.74) is 2.33. The molecule has 0 amide bonds. The van der Waals surface area contributed by atoms with E-state index in [4.69, 9.17) is 9.47 Å². The molecule has 1 N–H and O–H groups in total. The summed E-state index contributed by atoms with van der Waals surface area (Å²) in [5.74, 6) is 1.36. The number of ether oxygens (including phenoxy) is 2. The first-order valence-electron chi connectivity index (χ1n) is 11.3. The highest BCUT2D eigenvalue weighted by Crippen LogP contribution is 2.29. The Hall–Kier alpha value is -2.09. The fourth-order valence-electron chi connectivity index (χ4n) is 4.40. The van der Waals surface area contributed by atoms with Gasteiger partial charge in [-0.05, 0) is 44.6 Å². The summed E-state index contributed by atoms with van der Waals surface area (Å²) < 4.78 is 13.3. The third kappa shape index (κ3) is 7.23. The van der Waals surface area contributed by atoms with Crippen LogP contribution < -0.4 is 9.47 Å². The van der Waals surface area contributed by atoms with Crippen LogP contribution in [0.1, 0.15) is 43.2 Å². The van der Waals surface area contributed by atoms with Crippen LogP contribution in [-0.2, 0) is 20.1 Å². The van der Waals surface area contributed by atoms with E-state index in [0.29, 0.717) is 24.1 Å². The summed E-state index contributed by atoms with van der Waals surface area (Å²) in [6.07, 6.45) is 9.79. The van der Waals surface area contributed by atoms with Crippen molar-refractivity contribution in [2.45, 2.75) is 57.3 Å². The Kier molecular flexibility index (Phi) is 8.75. The topological polar surface area (TPSA) is 63.0 Å². The molecule has 7 heteroatoms. The van der Waals surface area contributed by atoms with E-state index in [1.54, 1.807) is 7.11 Å². The molecule has 0 aliphatic heterocycles. The second kappa shape index (κ2) is 11.5. The van der Waals surface area contributed by atoms with Gasteiger partial charge in [0.1, 0.15) is 12.7 Å². The first-order valence-corrected chi connectivity index (χ1v) is 11.3. The van der Waals surface area contributed by atoms with Gasteiger partial charge >= 0.3 is 0 Å². The van der Waals surface area contributed by atoms with E-state index in [0.717, 1.165) is 18.7 Å². The van der Waals surface area contributed by atoms with Crippen molar-refractivity contribution in [3.8, 4) is 11.5 Å². The summed E-state index contributed by atoms with van der Waals surface area (Å²) in [6, 6.07) is 6.58. The molecule has 2 aromatic rings. The Balaban J connectivity index is 1.49. The van der Waals surface area contributed by atoms with Gasteiger partial charge in [0.25, 0.3) is 0 Å². The van der Waals surface area contributed by atoms with E-state index in [9.17, 15) is 5.11 Å². The van der Waals surface area contributed by atoms with Crippen LogP contribution in [0.4, 0.5) is 0 Å². The van der Waals surface area contributed by atoms with Crippen molar-refractivity contribution in [2.24, 2.45) is 7.05 Å². The molecule has 1 heterocycles. The van der Waals surface area contributed by atoms with Gasteiger partial charge in [0.15, 0.2) is 11.5 Å². The molecule has 1 fully saturated rings. The summed E-state index contributed by atoms with van der Waals surface area (Å²) in [7, 11) is 7.77. The molecule has 7 nitrogen and oxygen atoms in total. The first-order chi connectivity index (χ1) is 14.9. The van der Waals surface area contributed by atoms with Gasteiger partial charge < -0.3 is 19.5 Å². The van der Waals surface area contributed by atoms with Crippen LogP contribution in [0.5, 0.6) is 11.5 Å². The molecule has 3 rings (SSSR count). The maximum atomic E-state index is 10.5. The number of benzene rings is 1. The lowest BCUT2D eigenvalue weighted by molar-refractivity contribution is 0.0553. The van der Waals surface area contributed by atoms with Crippen molar-refractivity contribution in [1.29, 1.82) is 0 Å². The van der Waals surface area contributed by atoms with Gasteiger partial charge in [0.05, 0.1) is 13.3 Å². The van der Waals surface area contributed by atoms with Crippen molar-refractivity contribution in [3.63, 3.8) is 0 Å². The number of methoxy groups -OCH3 is 1. The molecule has 1 saturated carbocycles. The fourth-order valence-corrected chi connectivity index (χ4v) is 4.40. The Bertz CT molecular complexity index is 804. The van der Waals surface area contributed by atoms with Crippen LogP contribution in [0.25, 0.3) is 0 Å². The van der Waals surface area contributed by atoms with Gasteiger partial charge in [-0.3, -0.25) is 9.58 Å². The van der Waals surface area contributed by atoms with Crippen molar-refractivity contribution in [1.82, 2.24) is 19.6 Å². The summed E-state index contributed by atoms with van der Waals surface area (Å²) >= 11 is 0. The minimum Gasteiger partial charge on any atom is -0.493 e. The first kappa shape index (κ1) is 23.6. The maximum Gasteiger partial charge on any atom is 0.161 e. The number of rotatable bonds is 11. The van der Waals surface area contributed by atoms with E-state index in [1.807, 2.05) is 36.3 Å². The third-order valence-electron chi connectivity index (χ3n) is 6.02. The predicted molar refractivity (Wildman–Crippen MR) is 122 cm³/mol. The van der Waals surface area contributed by atoms with E-state index < -0.39 is 6.10 Å². The molecule has 31 heavy (non-hydrogen) atoms. The zero-order valence-electron chi connectivity index (χ0n) is 19.5. The van der Waals surface area contributed by atoms with Gasteiger partial charge in [0, 0.05) is 44.5 Å². The van der Waals surface area contributed by atoms with Gasteiger partial charge in [-0.25, -0.2) is 0 Å². The fraction of sp³-hybridized carbons (Fsp3) is 0.625. The van der Waals surface area contributed by atoms with Crippen molar-refractivity contribution >= 4 is 0 Å². The van der Waals surface area contributed by atoms with Crippen molar-refractivity contribution in [2.75, 3.05) is 34.4 Å². The molecular formula is C24H38N4O3. The molecule has 1 aliphatic rings. The van der Waals surface area contributed by atoms with Gasteiger partial charge in [-0.1, -0.05) is 25.3 Å². The standard InChI is InChI=1S/C24H38N4O3/c1-26(15-20-13-25-28(3)16-20)14-19-10-11-23(24(12-19)30-4)31-18-22(29)17-27(2)21-8-6-5-7-9-21/h10-13,16,21-22,29H,5-9,14-15,17-18H2,1-4H3/t22-/m1/s1. The lowest BCUT2D eigenvalue weighted by atomic mass is 9.94. The molecule has 0 unspecified atom stereocenters. The monoisotopic (exact) mass is 430 g/mol. The summed E-state index contributed by atoms with van der Waals surface area (Å²) in [4.78, 5) is 4.52. The molecular weight excluding hydrogens is 392 g/mol. The smallest absolute Gasteiger partial charge is 0.161 e. The number of aryl methyl sites for hydroxylation is 1. The quantitative estimate of drug-likeness (QED) is 0.591. The Morgan fingerprint density at radius 1 is 1.13 bits per heavy atom. The minimum atomic E-state index is -0.526. The number of hydrogen-bond donors (Lipinski definition) is 1. The van der Waals surface area contributed by atoms with Crippen molar-refractivity contribution in [3.05, 3.63) is 41.7 Å². The van der Waals surface area contributed by atoms with Crippen LogP contribution in [0.15, 0.2) is 30.6 Å². The molecule has 1 aromatic heterocycles. The molecule has 0 spiro atoms. The SMILES string of the molecule is COc1cc(CN(C)Cc2cnn(C)c2)ccc1OC[C@H](O)CN(C)C1CCCCC1. The zero-order chi connectivity index (χ0) is 22.2. The highest BCUT2D eigenvalue weighted by molar-refractivity contribution is 5.43. The lowest BCUT2D eigenvalue weighted by Crippen LogP contribution is -2.40. The molecule has 172 valence electrons. The lowest BCUT2D eigenvalue weighted by Gasteiger charge is -2.32. The Morgan fingerprint density at radius 2 is 1.87 bits per heavy atom. The molecule has 1 aliphatic carbocycles. The number of likely N-dealkylation sites (N-methyl/N-ethyl adjacent to an activating group) is 1. The van der Waals surface area contributed by atoms with Gasteiger partial charge in [0.2, 0.25) is 0 Å². The molecule has 0 saturated heterocycles. The van der Waals surface area contributed by atoms with Crippen LogP contribution in [0, 0.1) is 0 Å². The number of aliphatic hydroxyl groups excluding tert-OH is 1. The molecule has 1 aromatic carbocycles. The Labute approximate surface area is 186 Å². The minimum absolute atomic E-state index is 0.258. The van der Waals surface area contributed by atoms with E-state index in [-0.39, 0.29) is 6.61 Å². The summed E-state index contributed by atoms with van der Waals surface area (Å²) in [5, 5.41) is 14.7. The highest BCUT2D eigenvalue weighted by Gasteiger charge is 2.20. The third-order valence-corrected chi connectivity index (χ3v) is 6.02. The second-order valence-corrected chi connectivity index (χ2v) is 8.88. The normalized spacial score (nSPS) is 16.1. The maximum absolute atomic E-state index is 10.5. The molecule has 1 atom stereocenters. The Morgan fingerprint density at radius 3 is 2.55 bits per heavy atom.